The summed E-state index contributed by atoms with van der Waals surface area (Å²) in [6.45, 7) is 4.15. The van der Waals surface area contributed by atoms with Crippen molar-refractivity contribution in [3.8, 4) is 0 Å². The summed E-state index contributed by atoms with van der Waals surface area (Å²) in [4.78, 5) is 12.5. The van der Waals surface area contributed by atoms with E-state index in [1.165, 1.54) is 11.1 Å². The van der Waals surface area contributed by atoms with Crippen molar-refractivity contribution in [1.82, 2.24) is 16.2 Å². The maximum absolute atomic E-state index is 12.5. The van der Waals surface area contributed by atoms with Gasteiger partial charge < -0.3 is 5.32 Å². The van der Waals surface area contributed by atoms with Crippen LogP contribution in [0.5, 0.6) is 0 Å². The molecule has 0 spiro atoms. The summed E-state index contributed by atoms with van der Waals surface area (Å²) < 4.78 is 0. The van der Waals surface area contributed by atoms with Crippen molar-refractivity contribution in [3.05, 3.63) is 71.8 Å². The van der Waals surface area contributed by atoms with E-state index < -0.39 is 0 Å². The third-order valence-electron chi connectivity index (χ3n) is 4.53. The van der Waals surface area contributed by atoms with Gasteiger partial charge in [0.2, 0.25) is 5.91 Å². The number of hydrogen-bond acceptors (Lipinski definition) is 4. The predicted molar refractivity (Wildman–Crippen MR) is 104 cm³/mol. The quantitative estimate of drug-likeness (QED) is 0.746. The Hall–Kier alpha value is -1.82. The summed E-state index contributed by atoms with van der Waals surface area (Å²) in [5.41, 5.74) is 8.78. The van der Waals surface area contributed by atoms with Gasteiger partial charge in [0.1, 0.15) is 0 Å². The van der Waals surface area contributed by atoms with Crippen LogP contribution in [-0.4, -0.2) is 29.8 Å². The average molecular weight is 356 g/mol. The Morgan fingerprint density at radius 2 is 1.44 bits per heavy atom. The van der Waals surface area contributed by atoms with Crippen LogP contribution in [0, 0.1) is 0 Å². The van der Waals surface area contributed by atoms with Crippen molar-refractivity contribution >= 4 is 17.7 Å². The van der Waals surface area contributed by atoms with Crippen LogP contribution in [0.4, 0.5) is 0 Å². The maximum Gasteiger partial charge on any atom is 0.230 e. The van der Waals surface area contributed by atoms with E-state index in [0.717, 1.165) is 0 Å². The minimum atomic E-state index is 0.0797. The van der Waals surface area contributed by atoms with Gasteiger partial charge in [0.05, 0.1) is 17.0 Å². The Balaban J connectivity index is 1.66. The smallest absolute Gasteiger partial charge is 0.230 e. The van der Waals surface area contributed by atoms with E-state index in [1.54, 1.807) is 11.8 Å². The van der Waals surface area contributed by atoms with Crippen molar-refractivity contribution in [2.75, 3.05) is 5.75 Å². The van der Waals surface area contributed by atoms with Gasteiger partial charge in [0.15, 0.2) is 0 Å². The molecule has 4 nitrogen and oxygen atoms in total. The molecule has 1 heterocycles. The molecule has 3 rings (SSSR count). The van der Waals surface area contributed by atoms with E-state index >= 15 is 0 Å². The van der Waals surface area contributed by atoms with Gasteiger partial charge in [-0.3, -0.25) is 15.6 Å². The number of carbonyl (C=O) groups excluding carboxylic acids is 1. The summed E-state index contributed by atoms with van der Waals surface area (Å²) in [6, 6.07) is 21.3. The predicted octanol–water partition coefficient (Wildman–Crippen LogP) is 2.88. The summed E-state index contributed by atoms with van der Waals surface area (Å²) in [5.74, 6) is 0.515. The highest BCUT2D eigenvalue weighted by Gasteiger charge is 2.31. The number of thioether (sulfide) groups is 1. The van der Waals surface area contributed by atoms with E-state index in [2.05, 4.69) is 54.3 Å². The minimum absolute atomic E-state index is 0.0797. The molecule has 1 aliphatic rings. The fourth-order valence-electron chi connectivity index (χ4n) is 3.15. The second kappa shape index (κ2) is 8.52. The SMILES string of the molecule is CC1NNC(C)C1NC(=O)CSC(c1ccccc1)c1ccccc1. The standard InChI is InChI=1S/C20H25N3OS/c1-14-19(15(2)23-22-14)21-18(24)13-25-20(16-9-5-3-6-10-16)17-11-7-4-8-12-17/h3-12,14-15,19-20,22-23H,13H2,1-2H3,(H,21,24). The van der Waals surface area contributed by atoms with Crippen LogP contribution in [0.15, 0.2) is 60.7 Å². The zero-order valence-electron chi connectivity index (χ0n) is 14.6. The highest BCUT2D eigenvalue weighted by Crippen LogP contribution is 2.35. The van der Waals surface area contributed by atoms with Gasteiger partial charge in [-0.15, -0.1) is 11.8 Å². The van der Waals surface area contributed by atoms with E-state index in [4.69, 9.17) is 0 Å². The zero-order chi connectivity index (χ0) is 17.6. The summed E-state index contributed by atoms with van der Waals surface area (Å²) in [6.07, 6.45) is 0. The molecule has 1 amide bonds. The molecule has 0 saturated carbocycles. The van der Waals surface area contributed by atoms with Crippen molar-refractivity contribution in [2.45, 2.75) is 37.2 Å². The van der Waals surface area contributed by atoms with Crippen LogP contribution >= 0.6 is 11.8 Å². The van der Waals surface area contributed by atoms with Crippen LogP contribution in [-0.2, 0) is 4.79 Å². The molecule has 25 heavy (non-hydrogen) atoms. The molecule has 1 fully saturated rings. The highest BCUT2D eigenvalue weighted by molar-refractivity contribution is 8.00. The molecule has 1 saturated heterocycles. The van der Waals surface area contributed by atoms with Crippen molar-refractivity contribution in [1.29, 1.82) is 0 Å². The topological polar surface area (TPSA) is 53.2 Å². The van der Waals surface area contributed by atoms with Gasteiger partial charge in [0, 0.05) is 12.1 Å². The number of hydrogen-bond donors (Lipinski definition) is 3. The lowest BCUT2D eigenvalue weighted by Crippen LogP contribution is -2.47. The van der Waals surface area contributed by atoms with Gasteiger partial charge in [-0.05, 0) is 25.0 Å². The number of benzene rings is 2. The molecule has 2 aromatic carbocycles. The molecule has 0 bridgehead atoms. The number of nitrogens with one attached hydrogen (secondary N) is 3. The van der Waals surface area contributed by atoms with Crippen molar-refractivity contribution < 1.29 is 4.79 Å². The molecule has 5 heteroatoms. The Bertz CT molecular complexity index is 630. The third-order valence-corrected chi connectivity index (χ3v) is 5.84. The number of hydrazine groups is 1. The summed E-state index contributed by atoms with van der Waals surface area (Å²) in [5, 5.41) is 3.31. The molecule has 0 aromatic heterocycles. The Labute approximate surface area is 153 Å². The lowest BCUT2D eigenvalue weighted by atomic mass is 10.0. The number of amides is 1. The normalized spacial score (nSPS) is 22.9. The van der Waals surface area contributed by atoms with E-state index in [9.17, 15) is 4.79 Å². The lowest BCUT2D eigenvalue weighted by Gasteiger charge is -2.21. The van der Waals surface area contributed by atoms with Crippen molar-refractivity contribution in [3.63, 3.8) is 0 Å². The fraction of sp³-hybridized carbons (Fsp3) is 0.350. The van der Waals surface area contributed by atoms with Gasteiger partial charge >= 0.3 is 0 Å². The Morgan fingerprint density at radius 1 is 0.960 bits per heavy atom. The van der Waals surface area contributed by atoms with E-state index in [0.29, 0.717) is 5.75 Å². The molecule has 3 N–H and O–H groups in total. The molecule has 2 aromatic rings. The first kappa shape index (κ1) is 18.0. The van der Waals surface area contributed by atoms with Gasteiger partial charge in [-0.2, -0.15) is 0 Å². The second-order valence-corrected chi connectivity index (χ2v) is 7.57. The zero-order valence-corrected chi connectivity index (χ0v) is 15.4. The van der Waals surface area contributed by atoms with Gasteiger partial charge in [-0.1, -0.05) is 60.7 Å². The van der Waals surface area contributed by atoms with Crippen LogP contribution in [0.2, 0.25) is 0 Å². The molecule has 2 atom stereocenters. The number of carbonyl (C=O) groups is 1. The first-order valence-corrected chi connectivity index (χ1v) is 9.72. The lowest BCUT2D eigenvalue weighted by molar-refractivity contribution is -0.119. The average Bonchev–Trinajstić information content (AvgIpc) is 2.96. The second-order valence-electron chi connectivity index (χ2n) is 6.47. The fourth-order valence-corrected chi connectivity index (χ4v) is 4.25. The molecule has 0 aliphatic carbocycles. The first-order chi connectivity index (χ1) is 12.1. The van der Waals surface area contributed by atoms with Crippen molar-refractivity contribution in [2.24, 2.45) is 0 Å². The first-order valence-electron chi connectivity index (χ1n) is 8.67. The minimum Gasteiger partial charge on any atom is -0.349 e. The van der Waals surface area contributed by atoms with Gasteiger partial charge in [-0.25, -0.2) is 0 Å². The van der Waals surface area contributed by atoms with E-state index in [-0.39, 0.29) is 29.3 Å². The van der Waals surface area contributed by atoms with E-state index in [1.807, 2.05) is 36.4 Å². The number of rotatable bonds is 6. The highest BCUT2D eigenvalue weighted by atomic mass is 32.2. The Kier molecular flexibility index (Phi) is 6.13. The van der Waals surface area contributed by atoms with Crippen LogP contribution in [0.25, 0.3) is 0 Å². The monoisotopic (exact) mass is 355 g/mol. The molecule has 2 unspecified atom stereocenters. The van der Waals surface area contributed by atoms with Crippen LogP contribution < -0.4 is 16.2 Å². The largest absolute Gasteiger partial charge is 0.349 e. The summed E-state index contributed by atoms with van der Waals surface area (Å²) in [7, 11) is 0. The third kappa shape index (κ3) is 4.63. The van der Waals surface area contributed by atoms with Crippen LogP contribution in [0.1, 0.15) is 30.2 Å². The maximum atomic E-state index is 12.5. The molecular weight excluding hydrogens is 330 g/mol. The molecule has 132 valence electrons. The summed E-state index contributed by atoms with van der Waals surface area (Å²) >= 11 is 1.67. The molecule has 1 aliphatic heterocycles. The van der Waals surface area contributed by atoms with Crippen LogP contribution in [0.3, 0.4) is 0 Å². The molecule has 0 radical (unpaired) electrons. The van der Waals surface area contributed by atoms with Gasteiger partial charge in [0.25, 0.3) is 0 Å². The molecular formula is C20H25N3OS. The Morgan fingerprint density at radius 3 is 1.92 bits per heavy atom.